The number of nitrogens with two attached hydrogens (primary N) is 1. The lowest BCUT2D eigenvalue weighted by molar-refractivity contribution is 0.0615. The molecular formula is C16H24BrN3O. The van der Waals surface area contributed by atoms with Crippen LogP contribution in [0.2, 0.25) is 0 Å². The highest BCUT2D eigenvalue weighted by atomic mass is 79.9. The van der Waals surface area contributed by atoms with Gasteiger partial charge in [0.15, 0.2) is 0 Å². The lowest BCUT2D eigenvalue weighted by Gasteiger charge is -2.38. The van der Waals surface area contributed by atoms with Gasteiger partial charge in [0.25, 0.3) is 5.91 Å². The first-order valence-electron chi connectivity index (χ1n) is 7.46. The monoisotopic (exact) mass is 353 g/mol. The fraction of sp³-hybridized carbons (Fsp3) is 0.562. The molecule has 1 amide bonds. The van der Waals surface area contributed by atoms with E-state index in [0.717, 1.165) is 30.4 Å². The molecule has 1 saturated heterocycles. The van der Waals surface area contributed by atoms with Gasteiger partial charge in [-0.1, -0.05) is 0 Å². The van der Waals surface area contributed by atoms with Crippen molar-refractivity contribution in [3.05, 3.63) is 28.2 Å². The second-order valence-corrected chi connectivity index (χ2v) is 6.87. The van der Waals surface area contributed by atoms with Gasteiger partial charge in [0.05, 0.1) is 0 Å². The summed E-state index contributed by atoms with van der Waals surface area (Å²) in [4.78, 5) is 16.9. The van der Waals surface area contributed by atoms with Crippen molar-refractivity contribution in [2.24, 2.45) is 0 Å². The van der Waals surface area contributed by atoms with Gasteiger partial charge in [-0.25, -0.2) is 0 Å². The number of nitrogens with zero attached hydrogens (tertiary/aromatic N) is 2. The molecule has 0 aromatic heterocycles. The van der Waals surface area contributed by atoms with Crippen LogP contribution in [-0.4, -0.2) is 47.9 Å². The summed E-state index contributed by atoms with van der Waals surface area (Å²) in [5, 5.41) is 0. The number of carbonyl (C=O) groups excluding carboxylic acids is 1. The molecule has 0 aliphatic carbocycles. The normalized spacial score (nSPS) is 17.2. The maximum Gasteiger partial charge on any atom is 0.253 e. The molecule has 1 aromatic carbocycles. The van der Waals surface area contributed by atoms with Gasteiger partial charge >= 0.3 is 0 Å². The van der Waals surface area contributed by atoms with Gasteiger partial charge in [0.2, 0.25) is 0 Å². The van der Waals surface area contributed by atoms with Crippen LogP contribution in [0.3, 0.4) is 0 Å². The van der Waals surface area contributed by atoms with E-state index in [9.17, 15) is 4.79 Å². The average Bonchev–Trinajstić information content (AvgIpc) is 2.48. The van der Waals surface area contributed by atoms with E-state index in [1.54, 1.807) is 18.2 Å². The summed E-state index contributed by atoms with van der Waals surface area (Å²) in [6.07, 6.45) is 2.08. The van der Waals surface area contributed by atoms with Crippen LogP contribution >= 0.6 is 15.9 Å². The van der Waals surface area contributed by atoms with E-state index < -0.39 is 0 Å². The summed E-state index contributed by atoms with van der Waals surface area (Å²) in [5.74, 6) is 0.0682. The standard InChI is InChI=1S/C16H24BrN3O/c1-11(2)20-8-6-13(7-9-20)19(3)16(21)12-4-5-15(18)14(17)10-12/h4-5,10-11,13H,6-9,18H2,1-3H3. The number of benzene rings is 1. The van der Waals surface area contributed by atoms with Crippen LogP contribution in [0.5, 0.6) is 0 Å². The molecule has 1 aromatic rings. The molecule has 0 bridgehead atoms. The highest BCUT2D eigenvalue weighted by molar-refractivity contribution is 9.10. The minimum Gasteiger partial charge on any atom is -0.398 e. The molecule has 1 heterocycles. The number of hydrogen-bond donors (Lipinski definition) is 1. The number of hydrogen-bond acceptors (Lipinski definition) is 3. The van der Waals surface area contributed by atoms with Crippen molar-refractivity contribution in [3.8, 4) is 0 Å². The number of rotatable bonds is 3. The number of nitrogen functional groups attached to an aromatic ring is 1. The SMILES string of the molecule is CC(C)N1CCC(N(C)C(=O)c2ccc(N)c(Br)c2)CC1. The third kappa shape index (κ3) is 3.77. The van der Waals surface area contributed by atoms with Gasteiger partial charge in [-0.3, -0.25) is 4.79 Å². The molecule has 0 radical (unpaired) electrons. The van der Waals surface area contributed by atoms with Gasteiger partial charge in [-0.05, 0) is 60.8 Å². The predicted octanol–water partition coefficient (Wildman–Crippen LogP) is 2.98. The van der Waals surface area contributed by atoms with Crippen molar-refractivity contribution in [3.63, 3.8) is 0 Å². The Morgan fingerprint density at radius 1 is 1.38 bits per heavy atom. The lowest BCUT2D eigenvalue weighted by Crippen LogP contribution is -2.47. The highest BCUT2D eigenvalue weighted by Gasteiger charge is 2.26. The van der Waals surface area contributed by atoms with E-state index in [0.29, 0.717) is 23.3 Å². The summed E-state index contributed by atoms with van der Waals surface area (Å²) >= 11 is 3.38. The largest absolute Gasteiger partial charge is 0.398 e. The van der Waals surface area contributed by atoms with Crippen molar-refractivity contribution in [1.82, 2.24) is 9.80 Å². The van der Waals surface area contributed by atoms with Gasteiger partial charge in [-0.2, -0.15) is 0 Å². The second-order valence-electron chi connectivity index (χ2n) is 6.01. The quantitative estimate of drug-likeness (QED) is 0.849. The highest BCUT2D eigenvalue weighted by Crippen LogP contribution is 2.23. The average molecular weight is 354 g/mol. The first-order valence-corrected chi connectivity index (χ1v) is 8.25. The molecule has 4 nitrogen and oxygen atoms in total. The van der Waals surface area contributed by atoms with Crippen LogP contribution in [0, 0.1) is 0 Å². The molecule has 1 aliphatic rings. The third-order valence-corrected chi connectivity index (χ3v) is 5.03. The molecule has 1 aliphatic heterocycles. The number of piperidine rings is 1. The van der Waals surface area contributed by atoms with E-state index in [1.165, 1.54) is 0 Å². The number of halogens is 1. The Kier molecular flexibility index (Phi) is 5.27. The van der Waals surface area contributed by atoms with Crippen LogP contribution in [-0.2, 0) is 0 Å². The van der Waals surface area contributed by atoms with Crippen LogP contribution in [0.25, 0.3) is 0 Å². The zero-order chi connectivity index (χ0) is 15.6. The van der Waals surface area contributed by atoms with Crippen LogP contribution in [0.15, 0.2) is 22.7 Å². The van der Waals surface area contributed by atoms with Gasteiger partial charge in [0, 0.05) is 47.9 Å². The molecule has 1 fully saturated rings. The molecule has 2 N–H and O–H groups in total. The molecule has 0 saturated carbocycles. The fourth-order valence-electron chi connectivity index (χ4n) is 2.82. The van der Waals surface area contributed by atoms with Crippen LogP contribution in [0.1, 0.15) is 37.0 Å². The van der Waals surface area contributed by atoms with Gasteiger partial charge in [-0.15, -0.1) is 0 Å². The molecule has 116 valence electrons. The number of amides is 1. The molecular weight excluding hydrogens is 330 g/mol. The van der Waals surface area contributed by atoms with Crippen molar-refractivity contribution in [2.75, 3.05) is 25.9 Å². The Balaban J connectivity index is 2.01. The molecule has 2 rings (SSSR count). The van der Waals surface area contributed by atoms with Gasteiger partial charge in [0.1, 0.15) is 0 Å². The number of carbonyl (C=O) groups is 1. The van der Waals surface area contributed by atoms with E-state index in [1.807, 2.05) is 11.9 Å². The second kappa shape index (κ2) is 6.79. The number of anilines is 1. The first kappa shape index (κ1) is 16.3. The third-order valence-electron chi connectivity index (χ3n) is 4.34. The lowest BCUT2D eigenvalue weighted by atomic mass is 10.0. The summed E-state index contributed by atoms with van der Waals surface area (Å²) in [6, 6.07) is 6.27. The predicted molar refractivity (Wildman–Crippen MR) is 90.4 cm³/mol. The Morgan fingerprint density at radius 3 is 2.52 bits per heavy atom. The van der Waals surface area contributed by atoms with Crippen molar-refractivity contribution in [1.29, 1.82) is 0 Å². The molecule has 0 spiro atoms. The van der Waals surface area contributed by atoms with E-state index in [4.69, 9.17) is 5.73 Å². The van der Waals surface area contributed by atoms with Crippen LogP contribution < -0.4 is 5.73 Å². The van der Waals surface area contributed by atoms with E-state index in [2.05, 4.69) is 34.7 Å². The Bertz CT molecular complexity index is 510. The molecule has 0 atom stereocenters. The Labute approximate surface area is 135 Å². The molecule has 21 heavy (non-hydrogen) atoms. The van der Waals surface area contributed by atoms with Crippen molar-refractivity contribution >= 4 is 27.5 Å². The van der Waals surface area contributed by atoms with Gasteiger partial charge < -0.3 is 15.5 Å². The summed E-state index contributed by atoms with van der Waals surface area (Å²) < 4.78 is 0.774. The zero-order valence-electron chi connectivity index (χ0n) is 13.0. The maximum absolute atomic E-state index is 12.6. The van der Waals surface area contributed by atoms with Crippen LogP contribution in [0.4, 0.5) is 5.69 Å². The van der Waals surface area contributed by atoms with Crippen molar-refractivity contribution < 1.29 is 4.79 Å². The van der Waals surface area contributed by atoms with E-state index in [-0.39, 0.29) is 5.91 Å². The smallest absolute Gasteiger partial charge is 0.253 e. The zero-order valence-corrected chi connectivity index (χ0v) is 14.6. The minimum atomic E-state index is 0.0682. The number of likely N-dealkylation sites (tertiary alicyclic amines) is 1. The van der Waals surface area contributed by atoms with E-state index >= 15 is 0 Å². The Hall–Kier alpha value is -1.07. The fourth-order valence-corrected chi connectivity index (χ4v) is 3.20. The summed E-state index contributed by atoms with van der Waals surface area (Å²) in [5.41, 5.74) is 7.11. The minimum absolute atomic E-state index is 0.0682. The maximum atomic E-state index is 12.6. The first-order chi connectivity index (χ1) is 9.90. The topological polar surface area (TPSA) is 49.6 Å². The summed E-state index contributed by atoms with van der Waals surface area (Å²) in [6.45, 7) is 6.57. The van der Waals surface area contributed by atoms with Crippen molar-refractivity contribution in [2.45, 2.75) is 38.8 Å². The summed E-state index contributed by atoms with van der Waals surface area (Å²) in [7, 11) is 1.91. The molecule has 5 heteroatoms. The Morgan fingerprint density at radius 2 is 2.00 bits per heavy atom. The molecule has 0 unspecified atom stereocenters.